The van der Waals surface area contributed by atoms with Crippen LogP contribution in [-0.4, -0.2) is 45.2 Å². The maximum Gasteiger partial charge on any atom is 0.278 e. The molecule has 5 nitrogen and oxygen atoms in total. The van der Waals surface area contributed by atoms with Crippen molar-refractivity contribution in [3.63, 3.8) is 0 Å². The number of rotatable bonds is 7. The van der Waals surface area contributed by atoms with Crippen molar-refractivity contribution >= 4 is 5.91 Å². The van der Waals surface area contributed by atoms with Crippen molar-refractivity contribution in [2.45, 2.75) is 32.5 Å². The zero-order chi connectivity index (χ0) is 21.7. The van der Waals surface area contributed by atoms with Crippen LogP contribution in [0.5, 0.6) is 5.75 Å². The summed E-state index contributed by atoms with van der Waals surface area (Å²) in [5, 5.41) is 3.04. The maximum absolute atomic E-state index is 13.9. The molecule has 0 spiro atoms. The Kier molecular flexibility index (Phi) is 7.39. The summed E-state index contributed by atoms with van der Waals surface area (Å²) in [6.07, 6.45) is 0. The van der Waals surface area contributed by atoms with E-state index in [9.17, 15) is 13.6 Å². The van der Waals surface area contributed by atoms with Gasteiger partial charge in [-0.15, -0.1) is 0 Å². The molecule has 0 aromatic heterocycles. The second-order valence-electron chi connectivity index (χ2n) is 8.06. The topological polar surface area (TPSA) is 47.2 Å². The van der Waals surface area contributed by atoms with E-state index in [0.717, 1.165) is 43.9 Å². The number of piperazine rings is 1. The van der Waals surface area contributed by atoms with Gasteiger partial charge in [-0.25, -0.2) is 8.78 Å². The molecule has 30 heavy (non-hydrogen) atoms. The molecule has 3 N–H and O–H groups in total. The van der Waals surface area contributed by atoms with Gasteiger partial charge in [-0.3, -0.25) is 4.79 Å². The van der Waals surface area contributed by atoms with E-state index in [1.165, 1.54) is 35.1 Å². The van der Waals surface area contributed by atoms with Gasteiger partial charge in [-0.2, -0.15) is 0 Å². The molecule has 0 aliphatic carbocycles. The van der Waals surface area contributed by atoms with Crippen molar-refractivity contribution in [1.29, 1.82) is 0 Å². The van der Waals surface area contributed by atoms with Crippen molar-refractivity contribution < 1.29 is 28.1 Å². The maximum atomic E-state index is 13.9. The van der Waals surface area contributed by atoms with Crippen LogP contribution in [0.4, 0.5) is 8.78 Å². The third-order valence-electron chi connectivity index (χ3n) is 6.00. The highest BCUT2D eigenvalue weighted by Crippen LogP contribution is 2.17. The molecule has 1 fully saturated rings. The van der Waals surface area contributed by atoms with Crippen LogP contribution in [0.3, 0.4) is 0 Å². The molecule has 0 unspecified atom stereocenters. The highest BCUT2D eigenvalue weighted by molar-refractivity contribution is 5.80. The van der Waals surface area contributed by atoms with E-state index in [-0.39, 0.29) is 35.4 Å². The fourth-order valence-electron chi connectivity index (χ4n) is 4.00. The Morgan fingerprint density at radius 3 is 2.33 bits per heavy atom. The first-order valence-electron chi connectivity index (χ1n) is 10.4. The summed E-state index contributed by atoms with van der Waals surface area (Å²) in [5.41, 5.74) is 1.83. The molecule has 1 amide bonds. The van der Waals surface area contributed by atoms with Gasteiger partial charge in [0.2, 0.25) is 0 Å². The third-order valence-corrected chi connectivity index (χ3v) is 6.00. The molecule has 0 radical (unpaired) electrons. The molecular formula is C23H31F2N3O2+2. The van der Waals surface area contributed by atoms with Crippen LogP contribution in [-0.2, 0) is 11.3 Å². The normalized spacial score (nSPS) is 21.0. The standard InChI is InChI=1S/C23H29F2N3O2/c1-16(19-5-7-20(24)8-6-19)26-23(29)17(2)28-12-10-27(11-13-28)15-18-4-9-22(30-3)21(25)14-18/h4-9,14,16-17H,10-13,15H2,1-3H3,(H,26,29)/p+2/t16-,17+/m0/s1. The van der Waals surface area contributed by atoms with Crippen LogP contribution in [0, 0.1) is 11.6 Å². The predicted molar refractivity (Wildman–Crippen MR) is 110 cm³/mol. The van der Waals surface area contributed by atoms with Crippen molar-refractivity contribution in [2.24, 2.45) is 0 Å². The lowest BCUT2D eigenvalue weighted by atomic mass is 10.1. The summed E-state index contributed by atoms with van der Waals surface area (Å²) in [4.78, 5) is 15.3. The molecule has 2 atom stereocenters. The molecule has 3 rings (SSSR count). The number of carbonyl (C=O) groups excluding carboxylic acids is 1. The number of benzene rings is 2. The number of amides is 1. The Bertz CT molecular complexity index is 852. The number of hydrogen-bond acceptors (Lipinski definition) is 2. The van der Waals surface area contributed by atoms with Crippen LogP contribution in [0.15, 0.2) is 42.5 Å². The van der Waals surface area contributed by atoms with E-state index in [0.29, 0.717) is 0 Å². The lowest BCUT2D eigenvalue weighted by Gasteiger charge is -2.33. The second-order valence-corrected chi connectivity index (χ2v) is 8.06. The van der Waals surface area contributed by atoms with Gasteiger partial charge in [0.15, 0.2) is 17.6 Å². The highest BCUT2D eigenvalue weighted by Gasteiger charge is 2.31. The van der Waals surface area contributed by atoms with Crippen LogP contribution in [0.1, 0.15) is 31.0 Å². The average molecular weight is 420 g/mol. The van der Waals surface area contributed by atoms with Gasteiger partial charge in [0.1, 0.15) is 38.5 Å². The SMILES string of the molecule is COc1ccc(C[NH+]2CC[NH+]([C@H](C)C(=O)N[C@@H](C)c3ccc(F)cc3)CC2)cc1F. The molecule has 0 saturated carbocycles. The number of carbonyl (C=O) groups is 1. The summed E-state index contributed by atoms with van der Waals surface area (Å²) in [6, 6.07) is 11.0. The van der Waals surface area contributed by atoms with Gasteiger partial charge in [0.05, 0.1) is 13.2 Å². The molecule has 1 heterocycles. The van der Waals surface area contributed by atoms with Crippen LogP contribution < -0.4 is 19.9 Å². The Hall–Kier alpha value is -2.51. The minimum Gasteiger partial charge on any atom is -0.494 e. The summed E-state index contributed by atoms with van der Waals surface area (Å²) in [5.74, 6) is -0.354. The fraction of sp³-hybridized carbons (Fsp3) is 0.435. The number of methoxy groups -OCH3 is 1. The van der Waals surface area contributed by atoms with Crippen LogP contribution in [0.2, 0.25) is 0 Å². The van der Waals surface area contributed by atoms with E-state index in [2.05, 4.69) is 5.32 Å². The van der Waals surface area contributed by atoms with Gasteiger partial charge in [0.25, 0.3) is 5.91 Å². The Morgan fingerprint density at radius 2 is 1.73 bits per heavy atom. The van der Waals surface area contributed by atoms with Gasteiger partial charge in [-0.05, 0) is 49.7 Å². The van der Waals surface area contributed by atoms with E-state index in [1.807, 2.05) is 19.9 Å². The van der Waals surface area contributed by atoms with Crippen molar-refractivity contribution in [2.75, 3.05) is 33.3 Å². The summed E-state index contributed by atoms with van der Waals surface area (Å²) < 4.78 is 32.0. The van der Waals surface area contributed by atoms with Gasteiger partial charge in [0, 0.05) is 5.56 Å². The third kappa shape index (κ3) is 5.55. The van der Waals surface area contributed by atoms with E-state index >= 15 is 0 Å². The number of hydrogen-bond donors (Lipinski definition) is 3. The van der Waals surface area contributed by atoms with E-state index in [1.54, 1.807) is 18.2 Å². The smallest absolute Gasteiger partial charge is 0.278 e. The molecule has 0 bridgehead atoms. The average Bonchev–Trinajstić information content (AvgIpc) is 2.74. The van der Waals surface area contributed by atoms with Crippen molar-refractivity contribution in [1.82, 2.24) is 5.32 Å². The minimum atomic E-state index is -0.334. The molecule has 1 aliphatic rings. The van der Waals surface area contributed by atoms with Crippen LogP contribution in [0.25, 0.3) is 0 Å². The zero-order valence-corrected chi connectivity index (χ0v) is 17.8. The van der Waals surface area contributed by atoms with E-state index in [4.69, 9.17) is 4.74 Å². The monoisotopic (exact) mass is 419 g/mol. The fourth-order valence-corrected chi connectivity index (χ4v) is 4.00. The second kappa shape index (κ2) is 10.00. The molecular weight excluding hydrogens is 388 g/mol. The zero-order valence-electron chi connectivity index (χ0n) is 17.8. The summed E-state index contributed by atoms with van der Waals surface area (Å²) >= 11 is 0. The molecule has 1 aliphatic heterocycles. The molecule has 2 aromatic rings. The van der Waals surface area contributed by atoms with Crippen molar-refractivity contribution in [3.05, 3.63) is 65.2 Å². The quantitative estimate of drug-likeness (QED) is 0.613. The van der Waals surface area contributed by atoms with Crippen LogP contribution >= 0.6 is 0 Å². The predicted octanol–water partition coefficient (Wildman–Crippen LogP) is 0.523. The Morgan fingerprint density at radius 1 is 1.07 bits per heavy atom. The molecule has 162 valence electrons. The number of halogens is 2. The Balaban J connectivity index is 1.48. The lowest BCUT2D eigenvalue weighted by Crippen LogP contribution is -3.29. The summed E-state index contributed by atoms with van der Waals surface area (Å²) in [7, 11) is 1.46. The van der Waals surface area contributed by atoms with Gasteiger partial charge >= 0.3 is 0 Å². The highest BCUT2D eigenvalue weighted by atomic mass is 19.1. The first-order chi connectivity index (χ1) is 14.4. The molecule has 7 heteroatoms. The molecule has 2 aromatic carbocycles. The van der Waals surface area contributed by atoms with Gasteiger partial charge in [-0.1, -0.05) is 12.1 Å². The Labute approximate surface area is 176 Å². The lowest BCUT2D eigenvalue weighted by molar-refractivity contribution is -1.02. The largest absolute Gasteiger partial charge is 0.494 e. The number of quaternary nitrogens is 2. The summed E-state index contributed by atoms with van der Waals surface area (Å²) in [6.45, 7) is 8.23. The first kappa shape index (κ1) is 22.2. The minimum absolute atomic E-state index is 0.00232. The first-order valence-corrected chi connectivity index (χ1v) is 10.4. The number of nitrogens with one attached hydrogen (secondary N) is 3. The van der Waals surface area contributed by atoms with Crippen molar-refractivity contribution in [3.8, 4) is 5.75 Å². The van der Waals surface area contributed by atoms with E-state index < -0.39 is 0 Å². The number of ether oxygens (including phenoxy) is 1. The molecule has 1 saturated heterocycles. The van der Waals surface area contributed by atoms with Gasteiger partial charge < -0.3 is 19.9 Å².